The monoisotopic (exact) mass is 765 g/mol. The summed E-state index contributed by atoms with van der Waals surface area (Å²) in [5.41, 5.74) is 19.8. The largest absolute Gasteiger partial charge is 0.310 e. The normalized spacial score (nSPS) is 20.3. The molecule has 3 atom stereocenters. The summed E-state index contributed by atoms with van der Waals surface area (Å²) in [6.45, 7) is 4.83. The van der Waals surface area contributed by atoms with Crippen LogP contribution in [0.15, 0.2) is 164 Å². The van der Waals surface area contributed by atoms with Crippen molar-refractivity contribution in [3.8, 4) is 44.5 Å². The second-order valence-electron chi connectivity index (χ2n) is 18.7. The minimum atomic E-state index is -0.148. The molecule has 292 valence electrons. The molecule has 3 saturated carbocycles. The quantitative estimate of drug-likeness (QED) is 0.149. The SMILES string of the molecule is CC1(C)c2cc(N(c3ccc(-c4ccccc4C4CCCCC4)cc3)c3ccc(C4CC5CCC4C5)cc3)ccc2-c2c(-c3ccc(-c4ccccc4)cc3)cccc21. The molecule has 0 aromatic heterocycles. The molecule has 4 aliphatic rings. The van der Waals surface area contributed by atoms with Gasteiger partial charge in [0.2, 0.25) is 0 Å². The highest BCUT2D eigenvalue weighted by Crippen LogP contribution is 2.55. The molecule has 0 N–H and O–H groups in total. The molecule has 7 aromatic rings. The van der Waals surface area contributed by atoms with Gasteiger partial charge in [-0.1, -0.05) is 167 Å². The molecule has 0 amide bonds. The Labute approximate surface area is 351 Å². The van der Waals surface area contributed by atoms with Gasteiger partial charge in [0.1, 0.15) is 0 Å². The van der Waals surface area contributed by atoms with Gasteiger partial charge < -0.3 is 4.90 Å². The highest BCUT2D eigenvalue weighted by atomic mass is 15.1. The lowest BCUT2D eigenvalue weighted by atomic mass is 9.81. The standard InChI is InChI=1S/C58H55N/c1-58(2)55-19-11-18-52(44-24-22-41(23-25-44)40-12-5-3-6-13-40)57(55)53-35-34-49(38-56(53)58)59(48-32-28-45(29-33-48)54-37-39-20-21-46(54)36-39)47-30-26-43(27-31-47)51-17-10-9-16-50(51)42-14-7-4-8-15-42/h3,5-6,9-13,16-19,22-35,38-39,42,46,54H,4,7-8,14-15,20-21,36-37H2,1-2H3. The van der Waals surface area contributed by atoms with E-state index >= 15 is 0 Å². The number of fused-ring (bicyclic) bond motifs is 5. The summed E-state index contributed by atoms with van der Waals surface area (Å²) in [6, 6.07) is 62.4. The van der Waals surface area contributed by atoms with Gasteiger partial charge in [-0.3, -0.25) is 0 Å². The van der Waals surface area contributed by atoms with Crippen LogP contribution >= 0.6 is 0 Å². The van der Waals surface area contributed by atoms with Crippen molar-refractivity contribution < 1.29 is 0 Å². The number of nitrogens with zero attached hydrogens (tertiary/aromatic N) is 1. The summed E-state index contributed by atoms with van der Waals surface area (Å²) in [5, 5.41) is 0. The molecular weight excluding hydrogens is 711 g/mol. The van der Waals surface area contributed by atoms with E-state index in [1.165, 1.54) is 142 Å². The van der Waals surface area contributed by atoms with E-state index < -0.39 is 0 Å². The Hall–Kier alpha value is -5.66. The van der Waals surface area contributed by atoms with Gasteiger partial charge in [0, 0.05) is 22.5 Å². The Balaban J connectivity index is 0.981. The molecule has 0 radical (unpaired) electrons. The minimum Gasteiger partial charge on any atom is -0.310 e. The third kappa shape index (κ3) is 6.46. The topological polar surface area (TPSA) is 3.24 Å². The average Bonchev–Trinajstić information content (AvgIpc) is 4.00. The fourth-order valence-corrected chi connectivity index (χ4v) is 11.9. The van der Waals surface area contributed by atoms with E-state index in [9.17, 15) is 0 Å². The molecule has 3 unspecified atom stereocenters. The van der Waals surface area contributed by atoms with Crippen molar-refractivity contribution in [1.82, 2.24) is 0 Å². The second-order valence-corrected chi connectivity index (χ2v) is 18.7. The molecule has 0 saturated heterocycles. The van der Waals surface area contributed by atoms with Gasteiger partial charge in [-0.05, 0) is 159 Å². The Morgan fingerprint density at radius 2 is 1.08 bits per heavy atom. The summed E-state index contributed by atoms with van der Waals surface area (Å²) in [6.07, 6.45) is 12.3. The molecule has 4 aliphatic carbocycles. The Morgan fingerprint density at radius 3 is 1.81 bits per heavy atom. The molecule has 3 fully saturated rings. The van der Waals surface area contributed by atoms with Crippen LogP contribution in [0.3, 0.4) is 0 Å². The van der Waals surface area contributed by atoms with E-state index in [2.05, 4.69) is 183 Å². The van der Waals surface area contributed by atoms with Gasteiger partial charge in [-0.15, -0.1) is 0 Å². The van der Waals surface area contributed by atoms with Crippen LogP contribution in [0.2, 0.25) is 0 Å². The molecule has 11 rings (SSSR count). The fraction of sp³-hybridized carbons (Fsp3) is 0.276. The highest BCUT2D eigenvalue weighted by molar-refractivity contribution is 5.94. The van der Waals surface area contributed by atoms with Crippen molar-refractivity contribution >= 4 is 17.1 Å². The molecule has 0 spiro atoms. The molecule has 0 heterocycles. The first-order chi connectivity index (χ1) is 29.0. The maximum atomic E-state index is 2.50. The Bertz CT molecular complexity index is 2610. The second kappa shape index (κ2) is 14.9. The van der Waals surface area contributed by atoms with E-state index in [4.69, 9.17) is 0 Å². The van der Waals surface area contributed by atoms with Gasteiger partial charge >= 0.3 is 0 Å². The van der Waals surface area contributed by atoms with Gasteiger partial charge in [0.15, 0.2) is 0 Å². The lowest BCUT2D eigenvalue weighted by Gasteiger charge is -2.29. The lowest BCUT2D eigenvalue weighted by molar-refractivity contribution is 0.420. The molecule has 0 aliphatic heterocycles. The van der Waals surface area contributed by atoms with Crippen LogP contribution < -0.4 is 4.90 Å². The first kappa shape index (κ1) is 36.4. The van der Waals surface area contributed by atoms with Crippen molar-refractivity contribution in [2.75, 3.05) is 4.90 Å². The Kier molecular flexibility index (Phi) is 9.18. The van der Waals surface area contributed by atoms with Crippen molar-refractivity contribution in [1.29, 1.82) is 0 Å². The average molecular weight is 766 g/mol. The van der Waals surface area contributed by atoms with E-state index in [0.29, 0.717) is 5.92 Å². The third-order valence-electron chi connectivity index (χ3n) is 15.0. The van der Waals surface area contributed by atoms with E-state index in [0.717, 1.165) is 17.8 Å². The predicted octanol–water partition coefficient (Wildman–Crippen LogP) is 16.4. The summed E-state index contributed by atoms with van der Waals surface area (Å²) in [7, 11) is 0. The predicted molar refractivity (Wildman–Crippen MR) is 249 cm³/mol. The van der Waals surface area contributed by atoms with Crippen LogP contribution in [-0.2, 0) is 5.41 Å². The molecule has 1 nitrogen and oxygen atoms in total. The highest BCUT2D eigenvalue weighted by Gasteiger charge is 2.40. The fourth-order valence-electron chi connectivity index (χ4n) is 11.9. The smallest absolute Gasteiger partial charge is 0.0465 e. The van der Waals surface area contributed by atoms with Crippen LogP contribution in [0.25, 0.3) is 44.5 Å². The zero-order chi connectivity index (χ0) is 39.5. The molecule has 59 heavy (non-hydrogen) atoms. The van der Waals surface area contributed by atoms with E-state index in [1.54, 1.807) is 0 Å². The summed E-state index contributed by atoms with van der Waals surface area (Å²) in [4.78, 5) is 2.50. The first-order valence-electron chi connectivity index (χ1n) is 22.5. The third-order valence-corrected chi connectivity index (χ3v) is 15.0. The minimum absolute atomic E-state index is 0.148. The zero-order valence-electron chi connectivity index (χ0n) is 34.7. The summed E-state index contributed by atoms with van der Waals surface area (Å²) < 4.78 is 0. The van der Waals surface area contributed by atoms with Crippen LogP contribution in [-0.4, -0.2) is 0 Å². The van der Waals surface area contributed by atoms with Gasteiger partial charge in [-0.2, -0.15) is 0 Å². The maximum absolute atomic E-state index is 2.50. The van der Waals surface area contributed by atoms with E-state index in [1.807, 2.05) is 0 Å². The van der Waals surface area contributed by atoms with Gasteiger partial charge in [0.05, 0.1) is 0 Å². The van der Waals surface area contributed by atoms with Crippen molar-refractivity contribution in [3.63, 3.8) is 0 Å². The molecule has 7 aromatic carbocycles. The van der Waals surface area contributed by atoms with E-state index in [-0.39, 0.29) is 5.41 Å². The number of anilines is 3. The van der Waals surface area contributed by atoms with Crippen LogP contribution in [0, 0.1) is 11.8 Å². The number of hydrogen-bond acceptors (Lipinski definition) is 1. The molecular formula is C58H55N. The first-order valence-corrected chi connectivity index (χ1v) is 22.5. The van der Waals surface area contributed by atoms with Crippen molar-refractivity contribution in [2.24, 2.45) is 11.8 Å². The lowest BCUT2D eigenvalue weighted by Crippen LogP contribution is -2.16. The zero-order valence-corrected chi connectivity index (χ0v) is 34.7. The summed E-state index contributed by atoms with van der Waals surface area (Å²) >= 11 is 0. The van der Waals surface area contributed by atoms with Crippen LogP contribution in [0.1, 0.15) is 106 Å². The van der Waals surface area contributed by atoms with Crippen LogP contribution in [0.4, 0.5) is 17.1 Å². The van der Waals surface area contributed by atoms with Gasteiger partial charge in [-0.25, -0.2) is 0 Å². The van der Waals surface area contributed by atoms with Crippen LogP contribution in [0.5, 0.6) is 0 Å². The molecule has 2 bridgehead atoms. The van der Waals surface area contributed by atoms with Gasteiger partial charge in [0.25, 0.3) is 0 Å². The molecule has 1 heteroatoms. The number of benzene rings is 7. The number of rotatable bonds is 8. The number of hydrogen-bond donors (Lipinski definition) is 0. The van der Waals surface area contributed by atoms with Crippen molar-refractivity contribution in [2.45, 2.75) is 88.9 Å². The Morgan fingerprint density at radius 1 is 0.458 bits per heavy atom. The summed E-state index contributed by atoms with van der Waals surface area (Å²) in [5.74, 6) is 3.20. The van der Waals surface area contributed by atoms with Crippen molar-refractivity contribution in [3.05, 3.63) is 186 Å². The maximum Gasteiger partial charge on any atom is 0.0465 e.